The Hall–Kier alpha value is -2.43. The fourth-order valence-corrected chi connectivity index (χ4v) is 4.13. The molecule has 0 aliphatic carbocycles. The van der Waals surface area contributed by atoms with E-state index < -0.39 is 16.1 Å². The van der Waals surface area contributed by atoms with Crippen LogP contribution in [0.15, 0.2) is 46.7 Å². The van der Waals surface area contributed by atoms with Crippen molar-refractivity contribution in [3.63, 3.8) is 0 Å². The number of ether oxygens (including phenoxy) is 1. The third kappa shape index (κ3) is 6.55. The molecule has 0 aliphatic heterocycles. The van der Waals surface area contributed by atoms with E-state index in [-0.39, 0.29) is 35.7 Å². The minimum Gasteiger partial charge on any atom is -0.497 e. The van der Waals surface area contributed by atoms with E-state index in [9.17, 15) is 18.0 Å². The van der Waals surface area contributed by atoms with Crippen molar-refractivity contribution in [3.8, 4) is 5.75 Å². The van der Waals surface area contributed by atoms with Gasteiger partial charge < -0.3 is 15.4 Å². The van der Waals surface area contributed by atoms with Crippen LogP contribution in [0.4, 0.5) is 0 Å². The summed E-state index contributed by atoms with van der Waals surface area (Å²) in [6.45, 7) is 3.76. The lowest BCUT2D eigenvalue weighted by molar-refractivity contribution is -0.123. The van der Waals surface area contributed by atoms with Crippen LogP contribution < -0.4 is 20.1 Å². The lowest BCUT2D eigenvalue weighted by Crippen LogP contribution is -2.50. The Morgan fingerprint density at radius 2 is 1.79 bits per heavy atom. The first kappa shape index (κ1) is 22.9. The van der Waals surface area contributed by atoms with Crippen molar-refractivity contribution < 1.29 is 22.7 Å². The molecule has 0 spiro atoms. The Kier molecular flexibility index (Phi) is 8.18. The first-order valence-corrected chi connectivity index (χ1v) is 11.4. The fraction of sp³-hybridized carbons (Fsp3) is 0.368. The van der Waals surface area contributed by atoms with Gasteiger partial charge in [-0.3, -0.25) is 9.59 Å². The zero-order valence-corrected chi connectivity index (χ0v) is 18.1. The van der Waals surface area contributed by atoms with Gasteiger partial charge in [0, 0.05) is 13.1 Å². The number of carbonyl (C=O) groups excluding carboxylic acids is 2. The molecule has 29 heavy (non-hydrogen) atoms. The SMILES string of the molecule is COc1ccc(S(=O)(=O)NCCNC(=O)[C@H](NC(=O)c2cccs2)C(C)C)cc1. The first-order chi connectivity index (χ1) is 13.7. The number of amides is 2. The number of hydrogen-bond acceptors (Lipinski definition) is 6. The van der Waals surface area contributed by atoms with Crippen molar-refractivity contribution in [2.45, 2.75) is 24.8 Å². The van der Waals surface area contributed by atoms with Gasteiger partial charge in [0.05, 0.1) is 16.9 Å². The van der Waals surface area contributed by atoms with Crippen LogP contribution in [0.5, 0.6) is 5.75 Å². The zero-order valence-electron chi connectivity index (χ0n) is 16.5. The molecule has 0 bridgehead atoms. The van der Waals surface area contributed by atoms with E-state index in [0.29, 0.717) is 10.6 Å². The second-order valence-electron chi connectivity index (χ2n) is 6.54. The van der Waals surface area contributed by atoms with E-state index in [1.54, 1.807) is 29.6 Å². The third-order valence-electron chi connectivity index (χ3n) is 4.07. The average molecular weight is 440 g/mol. The number of methoxy groups -OCH3 is 1. The first-order valence-electron chi connectivity index (χ1n) is 9.00. The highest BCUT2D eigenvalue weighted by molar-refractivity contribution is 7.89. The fourth-order valence-electron chi connectivity index (χ4n) is 2.47. The summed E-state index contributed by atoms with van der Waals surface area (Å²) in [6.07, 6.45) is 0. The summed E-state index contributed by atoms with van der Waals surface area (Å²) < 4.78 is 32.0. The lowest BCUT2D eigenvalue weighted by atomic mass is 10.0. The molecule has 0 fully saturated rings. The summed E-state index contributed by atoms with van der Waals surface area (Å²) in [5, 5.41) is 7.17. The molecular formula is C19H25N3O5S2. The molecule has 0 unspecified atom stereocenters. The van der Waals surface area contributed by atoms with Crippen LogP contribution >= 0.6 is 11.3 Å². The van der Waals surface area contributed by atoms with Gasteiger partial charge in [-0.1, -0.05) is 19.9 Å². The smallest absolute Gasteiger partial charge is 0.262 e. The second-order valence-corrected chi connectivity index (χ2v) is 9.25. The van der Waals surface area contributed by atoms with Gasteiger partial charge in [-0.25, -0.2) is 13.1 Å². The van der Waals surface area contributed by atoms with Crippen LogP contribution in [-0.2, 0) is 14.8 Å². The summed E-state index contributed by atoms with van der Waals surface area (Å²) in [4.78, 5) is 25.3. The predicted octanol–water partition coefficient (Wildman–Crippen LogP) is 1.61. The van der Waals surface area contributed by atoms with Crippen LogP contribution in [-0.4, -0.2) is 46.5 Å². The maximum atomic E-state index is 12.4. The molecule has 0 radical (unpaired) electrons. The Labute approximate surface area is 174 Å². The Balaban J connectivity index is 1.85. The molecule has 0 saturated heterocycles. The molecular weight excluding hydrogens is 414 g/mol. The van der Waals surface area contributed by atoms with Gasteiger partial charge in [-0.2, -0.15) is 0 Å². The minimum atomic E-state index is -3.69. The normalized spacial score (nSPS) is 12.4. The Morgan fingerprint density at radius 1 is 1.10 bits per heavy atom. The molecule has 1 atom stereocenters. The van der Waals surface area contributed by atoms with E-state index in [2.05, 4.69) is 15.4 Å². The number of thiophene rings is 1. The third-order valence-corrected chi connectivity index (χ3v) is 6.41. The molecule has 2 amide bonds. The van der Waals surface area contributed by atoms with E-state index in [0.717, 1.165) is 0 Å². The summed E-state index contributed by atoms with van der Waals surface area (Å²) in [6, 6.07) is 8.72. The van der Waals surface area contributed by atoms with Crippen LogP contribution in [0.25, 0.3) is 0 Å². The molecule has 1 heterocycles. The van der Waals surface area contributed by atoms with E-state index in [1.165, 1.54) is 30.6 Å². The molecule has 1 aromatic carbocycles. The van der Waals surface area contributed by atoms with Gasteiger partial charge >= 0.3 is 0 Å². The average Bonchev–Trinajstić information content (AvgIpc) is 3.24. The van der Waals surface area contributed by atoms with Crippen molar-refractivity contribution in [1.82, 2.24) is 15.4 Å². The number of carbonyl (C=O) groups is 2. The van der Waals surface area contributed by atoms with Gasteiger partial charge in [0.25, 0.3) is 5.91 Å². The highest BCUT2D eigenvalue weighted by Gasteiger charge is 2.24. The molecule has 0 saturated carbocycles. The summed E-state index contributed by atoms with van der Waals surface area (Å²) >= 11 is 1.29. The molecule has 158 valence electrons. The van der Waals surface area contributed by atoms with Crippen molar-refractivity contribution in [3.05, 3.63) is 46.7 Å². The van der Waals surface area contributed by atoms with Crippen molar-refractivity contribution >= 4 is 33.2 Å². The largest absolute Gasteiger partial charge is 0.497 e. The van der Waals surface area contributed by atoms with E-state index in [1.807, 2.05) is 13.8 Å². The van der Waals surface area contributed by atoms with Crippen molar-refractivity contribution in [2.75, 3.05) is 20.2 Å². The van der Waals surface area contributed by atoms with Gasteiger partial charge in [-0.05, 0) is 41.6 Å². The van der Waals surface area contributed by atoms with Gasteiger partial charge in [-0.15, -0.1) is 11.3 Å². The van der Waals surface area contributed by atoms with Crippen LogP contribution in [0.3, 0.4) is 0 Å². The standard InChI is InChI=1S/C19H25N3O5S2/c1-13(2)17(22-18(23)16-5-4-12-28-16)19(24)20-10-11-21-29(25,26)15-8-6-14(27-3)7-9-15/h4-9,12-13,17,21H,10-11H2,1-3H3,(H,20,24)(H,22,23)/t17-/m1/s1. The maximum Gasteiger partial charge on any atom is 0.262 e. The quantitative estimate of drug-likeness (QED) is 0.487. The molecule has 10 heteroatoms. The van der Waals surface area contributed by atoms with E-state index in [4.69, 9.17) is 4.74 Å². The molecule has 2 aromatic rings. The molecule has 1 aromatic heterocycles. The van der Waals surface area contributed by atoms with Crippen LogP contribution in [0, 0.1) is 5.92 Å². The zero-order chi connectivity index (χ0) is 21.4. The van der Waals surface area contributed by atoms with Gasteiger partial charge in [0.15, 0.2) is 0 Å². The second kappa shape index (κ2) is 10.4. The van der Waals surface area contributed by atoms with Gasteiger partial charge in [0.1, 0.15) is 11.8 Å². The lowest BCUT2D eigenvalue weighted by Gasteiger charge is -2.21. The summed E-state index contributed by atoms with van der Waals surface area (Å²) in [5.74, 6) is -0.252. The Morgan fingerprint density at radius 3 is 2.34 bits per heavy atom. The number of nitrogens with one attached hydrogen (secondary N) is 3. The summed E-state index contributed by atoms with van der Waals surface area (Å²) in [5.41, 5.74) is 0. The minimum absolute atomic E-state index is 0.0176. The highest BCUT2D eigenvalue weighted by Crippen LogP contribution is 2.15. The number of hydrogen-bond donors (Lipinski definition) is 3. The molecule has 3 N–H and O–H groups in total. The predicted molar refractivity (Wildman–Crippen MR) is 112 cm³/mol. The van der Waals surface area contributed by atoms with Crippen LogP contribution in [0.1, 0.15) is 23.5 Å². The molecule has 8 nitrogen and oxygen atoms in total. The van der Waals surface area contributed by atoms with E-state index >= 15 is 0 Å². The number of benzene rings is 1. The topological polar surface area (TPSA) is 114 Å². The number of sulfonamides is 1. The van der Waals surface area contributed by atoms with Crippen LogP contribution in [0.2, 0.25) is 0 Å². The van der Waals surface area contributed by atoms with Crippen molar-refractivity contribution in [2.24, 2.45) is 5.92 Å². The Bertz CT molecular complexity index is 910. The number of rotatable bonds is 10. The highest BCUT2D eigenvalue weighted by atomic mass is 32.2. The molecule has 0 aliphatic rings. The van der Waals surface area contributed by atoms with Crippen molar-refractivity contribution in [1.29, 1.82) is 0 Å². The van der Waals surface area contributed by atoms with Gasteiger partial charge in [0.2, 0.25) is 15.9 Å². The monoisotopic (exact) mass is 439 g/mol. The summed E-state index contributed by atoms with van der Waals surface area (Å²) in [7, 11) is -2.20. The molecule has 2 rings (SSSR count). The maximum absolute atomic E-state index is 12.4.